The molecule has 134 valence electrons. The lowest BCUT2D eigenvalue weighted by Gasteiger charge is -2.06. The normalized spacial score (nSPS) is 12.8. The molecule has 1 aliphatic heterocycles. The van der Waals surface area contributed by atoms with Crippen LogP contribution < -0.4 is 11.1 Å². The number of rotatable bonds is 3. The quantitative estimate of drug-likeness (QED) is 0.429. The molecular weight excluding hydrogens is 360 g/mol. The van der Waals surface area contributed by atoms with E-state index in [-0.39, 0.29) is 28.6 Å². The summed E-state index contributed by atoms with van der Waals surface area (Å²) >= 11 is 5.78. The van der Waals surface area contributed by atoms with Crippen LogP contribution in [0, 0.1) is 0 Å². The number of nitrogens with one attached hydrogen (secondary N) is 1. The third-order valence-electron chi connectivity index (χ3n) is 3.52. The first kappa shape index (κ1) is 19.1. The van der Waals surface area contributed by atoms with Gasteiger partial charge in [0.15, 0.2) is 5.78 Å². The number of carbonyl (C=O) groups excluding carboxylic acids is 3. The molecule has 0 aliphatic carbocycles. The van der Waals surface area contributed by atoms with Gasteiger partial charge in [-0.15, -0.1) is 0 Å². The largest absolute Gasteiger partial charge is 0.478 e. The summed E-state index contributed by atoms with van der Waals surface area (Å²) in [6, 6.07) is 10.5. The Kier molecular flexibility index (Phi) is 6.08. The standard InChI is InChI=1S/C14H10ClNO3.C4H5NO2/c15-11-6-5-8(7-12(11)16)13(17)9-3-1-2-4-10(9)14(18)19;6-3-1-2-4(7)5-3/h1-7H,16H2,(H,18,19);1-2H2,(H,5,6,7). The number of ketones is 1. The highest BCUT2D eigenvalue weighted by atomic mass is 35.5. The zero-order valence-electron chi connectivity index (χ0n) is 13.5. The van der Waals surface area contributed by atoms with E-state index in [2.05, 4.69) is 5.32 Å². The van der Waals surface area contributed by atoms with E-state index in [1.54, 1.807) is 12.1 Å². The average Bonchev–Trinajstić information content (AvgIpc) is 3.00. The molecule has 3 rings (SSSR count). The zero-order valence-corrected chi connectivity index (χ0v) is 14.2. The molecule has 2 amide bonds. The fourth-order valence-corrected chi connectivity index (χ4v) is 2.33. The van der Waals surface area contributed by atoms with Crippen LogP contribution in [0.15, 0.2) is 42.5 Å². The number of nitrogen functional groups attached to an aromatic ring is 1. The van der Waals surface area contributed by atoms with Crippen molar-refractivity contribution in [2.24, 2.45) is 0 Å². The van der Waals surface area contributed by atoms with Gasteiger partial charge < -0.3 is 10.8 Å². The maximum absolute atomic E-state index is 12.3. The summed E-state index contributed by atoms with van der Waals surface area (Å²) in [5.74, 6) is -1.85. The summed E-state index contributed by atoms with van der Waals surface area (Å²) < 4.78 is 0. The summed E-state index contributed by atoms with van der Waals surface area (Å²) in [4.78, 5) is 43.6. The molecule has 2 aromatic carbocycles. The van der Waals surface area contributed by atoms with Crippen molar-refractivity contribution in [2.45, 2.75) is 12.8 Å². The first-order valence-electron chi connectivity index (χ1n) is 7.54. The predicted molar refractivity (Wildman–Crippen MR) is 95.1 cm³/mol. The Morgan fingerprint density at radius 2 is 1.58 bits per heavy atom. The number of carbonyl (C=O) groups is 4. The minimum absolute atomic E-state index is 0.0407. The summed E-state index contributed by atoms with van der Waals surface area (Å²) in [5, 5.41) is 11.6. The summed E-state index contributed by atoms with van der Waals surface area (Å²) in [6.45, 7) is 0. The second kappa shape index (κ2) is 8.26. The Labute approximate surface area is 153 Å². The van der Waals surface area contributed by atoms with Gasteiger partial charge in [0, 0.05) is 24.0 Å². The lowest BCUT2D eigenvalue weighted by Crippen LogP contribution is -2.18. The highest BCUT2D eigenvalue weighted by Gasteiger charge is 2.18. The number of carboxylic acids is 1. The average molecular weight is 375 g/mol. The van der Waals surface area contributed by atoms with E-state index in [4.69, 9.17) is 22.4 Å². The lowest BCUT2D eigenvalue weighted by molar-refractivity contribution is -0.124. The van der Waals surface area contributed by atoms with Crippen LogP contribution in [0.4, 0.5) is 5.69 Å². The highest BCUT2D eigenvalue weighted by Crippen LogP contribution is 2.22. The molecule has 1 heterocycles. The van der Waals surface area contributed by atoms with Crippen LogP contribution >= 0.6 is 11.6 Å². The Bertz CT molecular complexity index is 881. The van der Waals surface area contributed by atoms with Crippen molar-refractivity contribution >= 4 is 40.9 Å². The SMILES string of the molecule is Nc1cc(C(=O)c2ccccc2C(=O)O)ccc1Cl.O=C1CCC(=O)N1. The van der Waals surface area contributed by atoms with Gasteiger partial charge in [-0.3, -0.25) is 19.7 Å². The third kappa shape index (κ3) is 4.67. The lowest BCUT2D eigenvalue weighted by atomic mass is 9.98. The van der Waals surface area contributed by atoms with Crippen molar-refractivity contribution in [1.29, 1.82) is 0 Å². The molecule has 0 bridgehead atoms. The first-order valence-corrected chi connectivity index (χ1v) is 7.92. The van der Waals surface area contributed by atoms with Crippen LogP contribution in [0.2, 0.25) is 5.02 Å². The maximum atomic E-state index is 12.3. The number of carboxylic acid groups (broad SMARTS) is 1. The number of aromatic carboxylic acids is 1. The number of nitrogens with two attached hydrogens (primary N) is 1. The molecule has 0 atom stereocenters. The van der Waals surface area contributed by atoms with E-state index in [0.29, 0.717) is 23.4 Å². The van der Waals surface area contributed by atoms with Crippen molar-refractivity contribution in [1.82, 2.24) is 5.32 Å². The van der Waals surface area contributed by atoms with Gasteiger partial charge in [-0.2, -0.15) is 0 Å². The molecule has 26 heavy (non-hydrogen) atoms. The molecule has 8 heteroatoms. The molecule has 7 nitrogen and oxygen atoms in total. The van der Waals surface area contributed by atoms with E-state index in [1.807, 2.05) is 0 Å². The summed E-state index contributed by atoms with van der Waals surface area (Å²) in [6.07, 6.45) is 0.748. The fraction of sp³-hybridized carbons (Fsp3) is 0.111. The highest BCUT2D eigenvalue weighted by molar-refractivity contribution is 6.33. The Morgan fingerprint density at radius 1 is 1.00 bits per heavy atom. The van der Waals surface area contributed by atoms with E-state index < -0.39 is 11.8 Å². The van der Waals surface area contributed by atoms with Crippen LogP contribution in [-0.2, 0) is 9.59 Å². The molecule has 0 unspecified atom stereocenters. The minimum Gasteiger partial charge on any atom is -0.478 e. The second-order valence-electron chi connectivity index (χ2n) is 5.39. The third-order valence-corrected chi connectivity index (χ3v) is 3.86. The number of anilines is 1. The van der Waals surface area contributed by atoms with Crippen LogP contribution in [-0.4, -0.2) is 28.7 Å². The van der Waals surface area contributed by atoms with Gasteiger partial charge >= 0.3 is 5.97 Å². The molecule has 4 N–H and O–H groups in total. The zero-order chi connectivity index (χ0) is 19.3. The van der Waals surface area contributed by atoms with E-state index >= 15 is 0 Å². The van der Waals surface area contributed by atoms with E-state index in [0.717, 1.165) is 0 Å². The van der Waals surface area contributed by atoms with Crippen molar-refractivity contribution in [3.05, 3.63) is 64.2 Å². The first-order chi connectivity index (χ1) is 12.3. The number of halogens is 1. The second-order valence-corrected chi connectivity index (χ2v) is 5.79. The Balaban J connectivity index is 0.000000290. The topological polar surface area (TPSA) is 127 Å². The number of amides is 2. The van der Waals surface area contributed by atoms with Gasteiger partial charge in [-0.25, -0.2) is 4.79 Å². The molecule has 1 fully saturated rings. The van der Waals surface area contributed by atoms with Gasteiger partial charge in [0.2, 0.25) is 11.8 Å². The van der Waals surface area contributed by atoms with Gasteiger partial charge in [-0.05, 0) is 24.3 Å². The molecule has 0 aromatic heterocycles. The monoisotopic (exact) mass is 374 g/mol. The minimum atomic E-state index is -1.15. The molecule has 2 aromatic rings. The number of hydrogen-bond acceptors (Lipinski definition) is 5. The van der Waals surface area contributed by atoms with Crippen molar-refractivity contribution in [3.63, 3.8) is 0 Å². The van der Waals surface area contributed by atoms with Crippen molar-refractivity contribution < 1.29 is 24.3 Å². The molecule has 0 radical (unpaired) electrons. The Morgan fingerprint density at radius 3 is 2.04 bits per heavy atom. The van der Waals surface area contributed by atoms with Gasteiger partial charge in [0.1, 0.15) is 0 Å². The smallest absolute Gasteiger partial charge is 0.336 e. The molecule has 0 spiro atoms. The predicted octanol–water partition coefficient (Wildman–Crippen LogP) is 2.27. The van der Waals surface area contributed by atoms with Crippen molar-refractivity contribution in [3.8, 4) is 0 Å². The Hall–Kier alpha value is -3.19. The van der Waals surface area contributed by atoms with Gasteiger partial charge in [-0.1, -0.05) is 29.8 Å². The fourth-order valence-electron chi connectivity index (χ4n) is 2.22. The van der Waals surface area contributed by atoms with Crippen molar-refractivity contribution in [2.75, 3.05) is 5.73 Å². The summed E-state index contributed by atoms with van der Waals surface area (Å²) in [7, 11) is 0. The number of imide groups is 1. The molecule has 0 saturated carbocycles. The van der Waals surface area contributed by atoms with E-state index in [9.17, 15) is 19.2 Å². The van der Waals surface area contributed by atoms with Crippen LogP contribution in [0.25, 0.3) is 0 Å². The number of benzene rings is 2. The van der Waals surface area contributed by atoms with E-state index in [1.165, 1.54) is 30.3 Å². The molecular formula is C18H15ClN2O5. The van der Waals surface area contributed by atoms with Gasteiger partial charge in [0.25, 0.3) is 0 Å². The van der Waals surface area contributed by atoms with Gasteiger partial charge in [0.05, 0.1) is 16.3 Å². The van der Waals surface area contributed by atoms with Crippen LogP contribution in [0.5, 0.6) is 0 Å². The molecule has 1 saturated heterocycles. The van der Waals surface area contributed by atoms with Crippen LogP contribution in [0.1, 0.15) is 39.1 Å². The maximum Gasteiger partial charge on any atom is 0.336 e. The molecule has 1 aliphatic rings. The summed E-state index contributed by atoms with van der Waals surface area (Å²) in [5.41, 5.74) is 6.29. The van der Waals surface area contributed by atoms with Crippen LogP contribution in [0.3, 0.4) is 0 Å². The number of hydrogen-bond donors (Lipinski definition) is 3.